The first-order valence-corrected chi connectivity index (χ1v) is 7.66. The van der Waals surface area contributed by atoms with Gasteiger partial charge in [-0.3, -0.25) is 14.6 Å². The molecule has 0 saturated heterocycles. The van der Waals surface area contributed by atoms with Crippen LogP contribution in [0.2, 0.25) is 5.02 Å². The largest absolute Gasteiger partial charge is 0.469 e. The summed E-state index contributed by atoms with van der Waals surface area (Å²) in [7, 11) is 1.31. The minimum Gasteiger partial charge on any atom is -0.469 e. The number of ether oxygens (including phenoxy) is 1. The summed E-state index contributed by atoms with van der Waals surface area (Å²) in [6.07, 6.45) is 1.50. The third-order valence-corrected chi connectivity index (χ3v) is 4.31. The lowest BCUT2D eigenvalue weighted by molar-refractivity contribution is -0.139. The predicted molar refractivity (Wildman–Crippen MR) is 84.6 cm³/mol. The number of hydrogen-bond donors (Lipinski definition) is 1. The predicted octanol–water partition coefficient (Wildman–Crippen LogP) is 3.22. The molecule has 0 spiro atoms. The second kappa shape index (κ2) is 5.90. The average Bonchev–Trinajstić information content (AvgIpc) is 3.15. The van der Waals surface area contributed by atoms with Crippen molar-refractivity contribution in [2.24, 2.45) is 0 Å². The van der Waals surface area contributed by atoms with E-state index in [2.05, 4.69) is 9.97 Å². The van der Waals surface area contributed by atoms with Gasteiger partial charge in [0, 0.05) is 27.7 Å². The molecule has 22 heavy (non-hydrogen) atoms. The molecule has 3 aromatic rings. The summed E-state index contributed by atoms with van der Waals surface area (Å²) in [4.78, 5) is 31.8. The Morgan fingerprint density at radius 2 is 2.23 bits per heavy atom. The highest BCUT2D eigenvalue weighted by Gasteiger charge is 2.22. The quantitative estimate of drug-likeness (QED) is 0.587. The maximum Gasteiger partial charge on any atom is 0.310 e. The van der Waals surface area contributed by atoms with Gasteiger partial charge in [0.05, 0.1) is 29.6 Å². The van der Waals surface area contributed by atoms with Gasteiger partial charge in [0.15, 0.2) is 0 Å². The van der Waals surface area contributed by atoms with Gasteiger partial charge in [-0.1, -0.05) is 11.6 Å². The van der Waals surface area contributed by atoms with E-state index in [0.29, 0.717) is 21.2 Å². The summed E-state index contributed by atoms with van der Waals surface area (Å²) in [6, 6.07) is 5.24. The van der Waals surface area contributed by atoms with Gasteiger partial charge in [0.25, 0.3) is 0 Å². The van der Waals surface area contributed by atoms with E-state index in [1.807, 2.05) is 0 Å². The zero-order valence-corrected chi connectivity index (χ0v) is 13.1. The molecule has 3 rings (SSSR count). The van der Waals surface area contributed by atoms with E-state index in [4.69, 9.17) is 16.3 Å². The first kappa shape index (κ1) is 14.7. The van der Waals surface area contributed by atoms with Crippen molar-refractivity contribution >= 4 is 45.6 Å². The first-order chi connectivity index (χ1) is 10.6. The van der Waals surface area contributed by atoms with Crippen LogP contribution in [0.4, 0.5) is 0 Å². The van der Waals surface area contributed by atoms with Gasteiger partial charge in [0.2, 0.25) is 5.78 Å². The molecule has 0 atom stereocenters. The molecule has 1 N–H and O–H groups in total. The lowest BCUT2D eigenvalue weighted by Gasteiger charge is -2.02. The topological polar surface area (TPSA) is 72.1 Å². The molecule has 1 aromatic carbocycles. The van der Waals surface area contributed by atoms with Gasteiger partial charge in [-0.25, -0.2) is 0 Å². The van der Waals surface area contributed by atoms with Crippen molar-refractivity contribution in [3.63, 3.8) is 0 Å². The summed E-state index contributed by atoms with van der Waals surface area (Å²) in [5, 5.41) is 1.28. The van der Waals surface area contributed by atoms with Crippen molar-refractivity contribution < 1.29 is 14.3 Å². The smallest absolute Gasteiger partial charge is 0.310 e. The highest BCUT2D eigenvalue weighted by Crippen LogP contribution is 2.28. The lowest BCUT2D eigenvalue weighted by Crippen LogP contribution is -2.09. The Labute approximate surface area is 134 Å². The summed E-state index contributed by atoms with van der Waals surface area (Å²) in [5.41, 5.74) is 3.29. The molecule has 0 amide bonds. The van der Waals surface area contributed by atoms with Gasteiger partial charge in [-0.2, -0.15) is 0 Å². The number of halogens is 1. The zero-order chi connectivity index (χ0) is 15.7. The van der Waals surface area contributed by atoms with Gasteiger partial charge < -0.3 is 9.72 Å². The number of ketones is 1. The standard InChI is InChI=1S/C15H11ClN2O3S/c1-21-13(19)5-10-9-4-8(16)2-3-11(9)18-14(10)15(20)12-6-17-7-22-12/h2-4,6-7,18H,5H2,1H3. The van der Waals surface area contributed by atoms with Crippen LogP contribution in [0, 0.1) is 0 Å². The Kier molecular flexibility index (Phi) is 3.96. The van der Waals surface area contributed by atoms with Crippen molar-refractivity contribution in [1.82, 2.24) is 9.97 Å². The molecule has 2 aromatic heterocycles. The first-order valence-electron chi connectivity index (χ1n) is 6.40. The normalized spacial score (nSPS) is 10.8. The molecule has 0 unspecified atom stereocenters. The highest BCUT2D eigenvalue weighted by molar-refractivity contribution is 7.11. The number of methoxy groups -OCH3 is 1. The SMILES string of the molecule is COC(=O)Cc1c(C(=O)c2cncs2)[nH]c2ccc(Cl)cc12. The fraction of sp³-hybridized carbons (Fsp3) is 0.133. The van der Waals surface area contributed by atoms with Gasteiger partial charge in [-0.05, 0) is 18.2 Å². The molecule has 5 nitrogen and oxygen atoms in total. The number of aromatic amines is 1. The molecule has 0 aliphatic heterocycles. The van der Waals surface area contributed by atoms with E-state index in [-0.39, 0.29) is 12.2 Å². The van der Waals surface area contributed by atoms with Crippen LogP contribution >= 0.6 is 22.9 Å². The van der Waals surface area contributed by atoms with Crippen molar-refractivity contribution in [3.05, 3.63) is 51.1 Å². The van der Waals surface area contributed by atoms with Crippen LogP contribution < -0.4 is 0 Å². The van der Waals surface area contributed by atoms with Crippen LogP contribution in [-0.2, 0) is 16.0 Å². The molecule has 0 aliphatic rings. The molecular formula is C15H11ClN2O3S. The van der Waals surface area contributed by atoms with Gasteiger partial charge in [0.1, 0.15) is 0 Å². The van der Waals surface area contributed by atoms with E-state index in [9.17, 15) is 9.59 Å². The van der Waals surface area contributed by atoms with E-state index >= 15 is 0 Å². The summed E-state index contributed by atoms with van der Waals surface area (Å²) in [5.74, 6) is -0.618. The number of fused-ring (bicyclic) bond motifs is 1. The number of thiazole rings is 1. The Morgan fingerprint density at radius 1 is 1.41 bits per heavy atom. The molecule has 0 aliphatic carbocycles. The second-order valence-electron chi connectivity index (χ2n) is 4.62. The highest BCUT2D eigenvalue weighted by atomic mass is 35.5. The van der Waals surface area contributed by atoms with Crippen molar-refractivity contribution in [3.8, 4) is 0 Å². The molecule has 0 saturated carbocycles. The number of nitrogens with zero attached hydrogens (tertiary/aromatic N) is 1. The molecule has 112 valence electrons. The maximum atomic E-state index is 12.6. The Morgan fingerprint density at radius 3 is 2.91 bits per heavy atom. The van der Waals surface area contributed by atoms with Gasteiger partial charge in [-0.15, -0.1) is 11.3 Å². The molecule has 7 heteroatoms. The number of nitrogens with one attached hydrogen (secondary N) is 1. The molecular weight excluding hydrogens is 324 g/mol. The number of esters is 1. The molecule has 2 heterocycles. The number of aromatic nitrogens is 2. The Bertz CT molecular complexity index is 855. The van der Waals surface area contributed by atoms with E-state index in [0.717, 1.165) is 10.9 Å². The third-order valence-electron chi connectivity index (χ3n) is 3.30. The fourth-order valence-corrected chi connectivity index (χ4v) is 3.00. The molecule has 0 bridgehead atoms. The number of carbonyl (C=O) groups excluding carboxylic acids is 2. The lowest BCUT2D eigenvalue weighted by atomic mass is 10.0. The van der Waals surface area contributed by atoms with Crippen molar-refractivity contribution in [2.45, 2.75) is 6.42 Å². The van der Waals surface area contributed by atoms with Crippen molar-refractivity contribution in [1.29, 1.82) is 0 Å². The third kappa shape index (κ3) is 2.63. The van der Waals surface area contributed by atoms with Crippen LogP contribution in [0.1, 0.15) is 20.9 Å². The van der Waals surface area contributed by atoms with Crippen molar-refractivity contribution in [2.75, 3.05) is 7.11 Å². The summed E-state index contributed by atoms with van der Waals surface area (Å²) in [6.45, 7) is 0. The van der Waals surface area contributed by atoms with Gasteiger partial charge >= 0.3 is 5.97 Å². The minimum atomic E-state index is -0.417. The number of H-pyrrole nitrogens is 1. The van der Waals surface area contributed by atoms with Crippen LogP contribution in [0.15, 0.2) is 29.9 Å². The number of rotatable bonds is 4. The van der Waals surface area contributed by atoms with E-state index in [1.54, 1.807) is 23.7 Å². The van der Waals surface area contributed by atoms with Crippen LogP contribution in [-0.4, -0.2) is 28.8 Å². The Hall–Kier alpha value is -2.18. The minimum absolute atomic E-state index is 0.00325. The van der Waals surface area contributed by atoms with Crippen LogP contribution in [0.3, 0.4) is 0 Å². The summed E-state index contributed by atoms with van der Waals surface area (Å²) < 4.78 is 4.72. The molecule has 0 fully saturated rings. The molecule has 0 radical (unpaired) electrons. The maximum absolute atomic E-state index is 12.6. The summed E-state index contributed by atoms with van der Waals surface area (Å²) >= 11 is 7.28. The monoisotopic (exact) mass is 334 g/mol. The van der Waals surface area contributed by atoms with E-state index < -0.39 is 5.97 Å². The number of hydrogen-bond acceptors (Lipinski definition) is 5. The van der Waals surface area contributed by atoms with Crippen LogP contribution in [0.25, 0.3) is 10.9 Å². The zero-order valence-electron chi connectivity index (χ0n) is 11.6. The Balaban J connectivity index is 2.17. The number of benzene rings is 1. The van der Waals surface area contributed by atoms with E-state index in [1.165, 1.54) is 24.6 Å². The average molecular weight is 335 g/mol. The van der Waals surface area contributed by atoms with Crippen LogP contribution in [0.5, 0.6) is 0 Å². The fourth-order valence-electron chi connectivity index (χ4n) is 2.26. The second-order valence-corrected chi connectivity index (χ2v) is 5.94. The number of carbonyl (C=O) groups is 2.